The van der Waals surface area contributed by atoms with Gasteiger partial charge in [0.1, 0.15) is 0 Å². The van der Waals surface area contributed by atoms with E-state index in [1.807, 2.05) is 12.1 Å². The predicted molar refractivity (Wildman–Crippen MR) is 62.0 cm³/mol. The topological polar surface area (TPSA) is 63.3 Å². The number of rotatable bonds is 2. The average Bonchev–Trinajstić information content (AvgIpc) is 2.60. The van der Waals surface area contributed by atoms with Crippen LogP contribution in [0.5, 0.6) is 0 Å². The zero-order valence-corrected chi connectivity index (χ0v) is 8.67. The van der Waals surface area contributed by atoms with E-state index in [4.69, 9.17) is 10.8 Å². The van der Waals surface area contributed by atoms with Gasteiger partial charge in [-0.2, -0.15) is 0 Å². The molecule has 15 heavy (non-hydrogen) atoms. The Bertz CT molecular complexity index is 557. The van der Waals surface area contributed by atoms with Gasteiger partial charge in [-0.15, -0.1) is 11.3 Å². The summed E-state index contributed by atoms with van der Waals surface area (Å²) in [7, 11) is 0. The standard InChI is InChI=1S/C11H9NO2S/c1-6(12)7-3-2-4-9-10(7)8(5-15-9)11(13)14/h2-5H,1,12H2,(H,13,14). The molecule has 0 saturated carbocycles. The number of hydrogen-bond acceptors (Lipinski definition) is 3. The Kier molecular flexibility index (Phi) is 2.21. The molecule has 0 aliphatic heterocycles. The molecule has 0 aliphatic carbocycles. The molecule has 1 heterocycles. The molecule has 0 aliphatic rings. The van der Waals surface area contributed by atoms with Gasteiger partial charge in [0.25, 0.3) is 0 Å². The normalized spacial score (nSPS) is 10.4. The molecule has 0 unspecified atom stereocenters. The van der Waals surface area contributed by atoms with E-state index in [1.54, 1.807) is 11.4 Å². The lowest BCUT2D eigenvalue weighted by Gasteiger charge is -2.02. The van der Waals surface area contributed by atoms with Crippen molar-refractivity contribution in [2.75, 3.05) is 0 Å². The molecule has 2 aromatic rings. The molecule has 3 nitrogen and oxygen atoms in total. The van der Waals surface area contributed by atoms with Crippen molar-refractivity contribution in [3.05, 3.63) is 41.3 Å². The Balaban J connectivity index is 2.86. The minimum absolute atomic E-state index is 0.289. The highest BCUT2D eigenvalue weighted by Crippen LogP contribution is 2.30. The molecule has 0 radical (unpaired) electrons. The van der Waals surface area contributed by atoms with Crippen LogP contribution in [-0.2, 0) is 0 Å². The van der Waals surface area contributed by atoms with E-state index in [1.165, 1.54) is 11.3 Å². The number of carboxylic acids is 1. The second-order valence-electron chi connectivity index (χ2n) is 3.16. The van der Waals surface area contributed by atoms with Crippen LogP contribution in [0.15, 0.2) is 30.2 Å². The number of thiophene rings is 1. The molecule has 4 heteroatoms. The van der Waals surface area contributed by atoms with Crippen molar-refractivity contribution in [2.24, 2.45) is 5.73 Å². The van der Waals surface area contributed by atoms with Crippen molar-refractivity contribution in [1.82, 2.24) is 0 Å². The zero-order chi connectivity index (χ0) is 11.0. The van der Waals surface area contributed by atoms with Crippen molar-refractivity contribution >= 4 is 33.1 Å². The van der Waals surface area contributed by atoms with Crippen LogP contribution in [0.3, 0.4) is 0 Å². The Morgan fingerprint density at radius 3 is 2.73 bits per heavy atom. The van der Waals surface area contributed by atoms with Crippen molar-refractivity contribution in [3.63, 3.8) is 0 Å². The first-order chi connectivity index (χ1) is 7.11. The van der Waals surface area contributed by atoms with Gasteiger partial charge in [-0.1, -0.05) is 18.7 Å². The van der Waals surface area contributed by atoms with Gasteiger partial charge >= 0.3 is 5.97 Å². The lowest BCUT2D eigenvalue weighted by atomic mass is 10.0. The maximum absolute atomic E-state index is 11.0. The summed E-state index contributed by atoms with van der Waals surface area (Å²) in [5.41, 5.74) is 7.00. The quantitative estimate of drug-likeness (QED) is 0.815. The number of benzene rings is 1. The number of aromatic carboxylic acids is 1. The minimum atomic E-state index is -0.935. The van der Waals surface area contributed by atoms with Crippen molar-refractivity contribution < 1.29 is 9.90 Å². The van der Waals surface area contributed by atoms with Crippen LogP contribution in [-0.4, -0.2) is 11.1 Å². The van der Waals surface area contributed by atoms with E-state index in [2.05, 4.69) is 6.58 Å². The van der Waals surface area contributed by atoms with Crippen molar-refractivity contribution in [3.8, 4) is 0 Å². The fourth-order valence-electron chi connectivity index (χ4n) is 1.51. The number of fused-ring (bicyclic) bond motifs is 1. The van der Waals surface area contributed by atoms with Gasteiger partial charge in [0.15, 0.2) is 0 Å². The number of hydrogen-bond donors (Lipinski definition) is 2. The highest BCUT2D eigenvalue weighted by Gasteiger charge is 2.14. The predicted octanol–water partition coefficient (Wildman–Crippen LogP) is 2.53. The Labute approximate surface area is 90.5 Å². The molecule has 76 valence electrons. The lowest BCUT2D eigenvalue weighted by molar-refractivity contribution is 0.0699. The third-order valence-corrected chi connectivity index (χ3v) is 3.12. The summed E-state index contributed by atoms with van der Waals surface area (Å²) in [5, 5.41) is 11.3. The molecule has 0 bridgehead atoms. The maximum Gasteiger partial charge on any atom is 0.337 e. The number of carbonyl (C=O) groups is 1. The molecule has 3 N–H and O–H groups in total. The van der Waals surface area contributed by atoms with Crippen LogP contribution < -0.4 is 5.73 Å². The van der Waals surface area contributed by atoms with E-state index in [-0.39, 0.29) is 5.56 Å². The van der Waals surface area contributed by atoms with E-state index in [0.29, 0.717) is 16.6 Å². The van der Waals surface area contributed by atoms with Gasteiger partial charge < -0.3 is 10.8 Å². The summed E-state index contributed by atoms with van der Waals surface area (Å²) in [4.78, 5) is 11.0. The smallest absolute Gasteiger partial charge is 0.337 e. The largest absolute Gasteiger partial charge is 0.478 e. The van der Waals surface area contributed by atoms with Crippen LogP contribution in [0, 0.1) is 0 Å². The summed E-state index contributed by atoms with van der Waals surface area (Å²) < 4.78 is 0.913. The highest BCUT2D eigenvalue weighted by atomic mass is 32.1. The first-order valence-electron chi connectivity index (χ1n) is 4.29. The van der Waals surface area contributed by atoms with Gasteiger partial charge in [0.05, 0.1) is 5.56 Å². The highest BCUT2D eigenvalue weighted by molar-refractivity contribution is 7.17. The third-order valence-electron chi connectivity index (χ3n) is 2.18. The first-order valence-corrected chi connectivity index (χ1v) is 5.17. The van der Waals surface area contributed by atoms with Crippen LogP contribution in [0.25, 0.3) is 15.8 Å². The summed E-state index contributed by atoms with van der Waals surface area (Å²) in [6, 6.07) is 5.50. The Hall–Kier alpha value is -1.81. The number of nitrogens with two attached hydrogens (primary N) is 1. The van der Waals surface area contributed by atoms with E-state index < -0.39 is 5.97 Å². The van der Waals surface area contributed by atoms with Gasteiger partial charge in [-0.05, 0) is 6.07 Å². The molecule has 0 saturated heterocycles. The molecule has 0 spiro atoms. The van der Waals surface area contributed by atoms with Crippen LogP contribution in [0.2, 0.25) is 0 Å². The molecule has 0 atom stereocenters. The van der Waals surface area contributed by atoms with Crippen LogP contribution in [0.1, 0.15) is 15.9 Å². The van der Waals surface area contributed by atoms with Gasteiger partial charge in [0.2, 0.25) is 0 Å². The van der Waals surface area contributed by atoms with Crippen LogP contribution in [0.4, 0.5) is 0 Å². The van der Waals surface area contributed by atoms with Crippen LogP contribution >= 0.6 is 11.3 Å². The summed E-state index contributed by atoms with van der Waals surface area (Å²) in [5.74, 6) is -0.935. The molecule has 2 rings (SSSR count). The fraction of sp³-hybridized carbons (Fsp3) is 0. The van der Waals surface area contributed by atoms with E-state index >= 15 is 0 Å². The average molecular weight is 219 g/mol. The molecule has 0 amide bonds. The van der Waals surface area contributed by atoms with Crippen molar-refractivity contribution in [2.45, 2.75) is 0 Å². The Morgan fingerprint density at radius 1 is 1.40 bits per heavy atom. The first kappa shape index (κ1) is 9.73. The lowest BCUT2D eigenvalue weighted by Crippen LogP contribution is -1.99. The molecule has 1 aromatic heterocycles. The SMILES string of the molecule is C=C(N)c1cccc2scc(C(=O)O)c12. The summed E-state index contributed by atoms with van der Waals surface area (Å²) >= 11 is 1.40. The zero-order valence-electron chi connectivity index (χ0n) is 7.86. The van der Waals surface area contributed by atoms with Gasteiger partial charge in [-0.3, -0.25) is 0 Å². The summed E-state index contributed by atoms with van der Waals surface area (Å²) in [6.45, 7) is 3.65. The monoisotopic (exact) mass is 219 g/mol. The van der Waals surface area contributed by atoms with Gasteiger partial charge in [-0.25, -0.2) is 4.79 Å². The third kappa shape index (κ3) is 1.49. The second-order valence-corrected chi connectivity index (χ2v) is 4.07. The van der Waals surface area contributed by atoms with E-state index in [0.717, 1.165) is 4.70 Å². The molecular formula is C11H9NO2S. The Morgan fingerprint density at radius 2 is 2.13 bits per heavy atom. The summed E-state index contributed by atoms with van der Waals surface area (Å²) in [6.07, 6.45) is 0. The van der Waals surface area contributed by atoms with Crippen molar-refractivity contribution in [1.29, 1.82) is 0 Å². The molecule has 1 aromatic carbocycles. The number of carboxylic acid groups (broad SMARTS) is 1. The molecular weight excluding hydrogens is 210 g/mol. The fourth-order valence-corrected chi connectivity index (χ4v) is 2.47. The van der Waals surface area contributed by atoms with Gasteiger partial charge in [0, 0.05) is 26.7 Å². The minimum Gasteiger partial charge on any atom is -0.478 e. The molecule has 0 fully saturated rings. The van der Waals surface area contributed by atoms with E-state index in [9.17, 15) is 4.79 Å². The second kappa shape index (κ2) is 3.40. The maximum atomic E-state index is 11.0.